The number of aliphatic hydroxyl groups is 2. The quantitative estimate of drug-likeness (QED) is 0.586. The molecule has 6 heteroatoms. The van der Waals surface area contributed by atoms with E-state index in [1.54, 1.807) is 12.2 Å². The van der Waals surface area contributed by atoms with E-state index in [1.165, 1.54) is 6.92 Å². The van der Waals surface area contributed by atoms with Gasteiger partial charge in [0.1, 0.15) is 12.2 Å². The lowest BCUT2D eigenvalue weighted by Gasteiger charge is -2.22. The Balaban J connectivity index is 2.40. The molecule has 2 N–H and O–H groups in total. The highest BCUT2D eigenvalue weighted by Gasteiger charge is 2.36. The Morgan fingerprint density at radius 2 is 1.96 bits per heavy atom. The smallest absolute Gasteiger partial charge is 0.337 e. The number of ether oxygens (including phenoxy) is 2. The third-order valence-corrected chi connectivity index (χ3v) is 3.91. The van der Waals surface area contributed by atoms with Crippen LogP contribution in [0.5, 0.6) is 0 Å². The molecule has 0 bridgehead atoms. The molecule has 6 nitrogen and oxygen atoms in total. The van der Waals surface area contributed by atoms with Gasteiger partial charge >= 0.3 is 11.9 Å². The van der Waals surface area contributed by atoms with Gasteiger partial charge in [-0.3, -0.25) is 4.79 Å². The Hall–Kier alpha value is -1.92. The first kappa shape index (κ1) is 17.4. The molecular weight excluding hydrogens is 300 g/mol. The maximum absolute atomic E-state index is 11.8. The fourth-order valence-corrected chi connectivity index (χ4v) is 3.00. The second-order valence-electron chi connectivity index (χ2n) is 6.02. The summed E-state index contributed by atoms with van der Waals surface area (Å²) in [6, 6.07) is 0. The Morgan fingerprint density at radius 1 is 1.30 bits per heavy atom. The van der Waals surface area contributed by atoms with Crippen molar-refractivity contribution in [2.45, 2.75) is 51.9 Å². The van der Waals surface area contributed by atoms with Crippen LogP contribution in [0.2, 0.25) is 0 Å². The number of fused-ring (bicyclic) bond motifs is 1. The molecule has 2 aliphatic rings. The van der Waals surface area contributed by atoms with E-state index in [9.17, 15) is 19.8 Å². The lowest BCUT2D eigenvalue weighted by atomic mass is 9.91. The molecule has 0 aromatic rings. The van der Waals surface area contributed by atoms with Crippen molar-refractivity contribution in [2.24, 2.45) is 0 Å². The monoisotopic (exact) mass is 322 g/mol. The predicted octanol–water partition coefficient (Wildman–Crippen LogP) is 1.18. The van der Waals surface area contributed by atoms with Crippen LogP contribution in [0.4, 0.5) is 0 Å². The number of rotatable bonds is 2. The van der Waals surface area contributed by atoms with E-state index in [1.807, 2.05) is 13.8 Å². The van der Waals surface area contributed by atoms with Crippen molar-refractivity contribution >= 4 is 11.9 Å². The third kappa shape index (κ3) is 4.09. The molecule has 3 atom stereocenters. The first-order valence-electron chi connectivity index (χ1n) is 7.56. The molecule has 1 heterocycles. The minimum Gasteiger partial charge on any atom is -0.458 e. The van der Waals surface area contributed by atoms with E-state index in [4.69, 9.17) is 9.47 Å². The minimum absolute atomic E-state index is 0.122. The van der Waals surface area contributed by atoms with Gasteiger partial charge in [-0.1, -0.05) is 11.1 Å². The van der Waals surface area contributed by atoms with Crippen molar-refractivity contribution in [3.05, 3.63) is 34.4 Å². The Bertz CT molecular complexity index is 598. The molecule has 0 aromatic heterocycles. The number of esters is 2. The van der Waals surface area contributed by atoms with Crippen LogP contribution in [-0.2, 0) is 19.1 Å². The lowest BCUT2D eigenvalue weighted by molar-refractivity contribution is -0.144. The SMILES string of the molecule is CC(=O)OC1C=C(C)CC(O)C2=C(CO)C(=O)OC2C=C(C)C1. The zero-order valence-electron chi connectivity index (χ0n) is 13.5. The number of aliphatic hydroxyl groups excluding tert-OH is 2. The van der Waals surface area contributed by atoms with E-state index in [0.29, 0.717) is 12.0 Å². The van der Waals surface area contributed by atoms with Gasteiger partial charge in [0, 0.05) is 18.9 Å². The maximum Gasteiger partial charge on any atom is 0.337 e. The molecule has 0 aromatic carbocycles. The number of hydrogen-bond acceptors (Lipinski definition) is 6. The van der Waals surface area contributed by atoms with Crippen LogP contribution in [-0.4, -0.2) is 47.1 Å². The average Bonchev–Trinajstić information content (AvgIpc) is 2.72. The van der Waals surface area contributed by atoms with Gasteiger partial charge in [0.2, 0.25) is 0 Å². The summed E-state index contributed by atoms with van der Waals surface area (Å²) in [5, 5.41) is 19.9. The molecule has 0 radical (unpaired) electrons. The van der Waals surface area contributed by atoms with Gasteiger partial charge < -0.3 is 19.7 Å². The fraction of sp³-hybridized carbons (Fsp3) is 0.529. The summed E-state index contributed by atoms with van der Waals surface area (Å²) >= 11 is 0. The molecule has 3 unspecified atom stereocenters. The van der Waals surface area contributed by atoms with Crippen molar-refractivity contribution < 1.29 is 29.3 Å². The molecule has 0 amide bonds. The van der Waals surface area contributed by atoms with Crippen LogP contribution in [0.3, 0.4) is 0 Å². The Kier molecular flexibility index (Phi) is 5.38. The predicted molar refractivity (Wildman–Crippen MR) is 82.3 cm³/mol. The molecule has 0 saturated heterocycles. The summed E-state index contributed by atoms with van der Waals surface area (Å²) in [5.41, 5.74) is 2.23. The van der Waals surface area contributed by atoms with Crippen molar-refractivity contribution in [3.63, 3.8) is 0 Å². The highest BCUT2D eigenvalue weighted by Crippen LogP contribution is 2.31. The van der Waals surface area contributed by atoms with Gasteiger partial charge in [-0.05, 0) is 32.4 Å². The van der Waals surface area contributed by atoms with E-state index in [0.717, 1.165) is 11.1 Å². The molecular formula is C17H22O6. The van der Waals surface area contributed by atoms with E-state index in [-0.39, 0.29) is 18.0 Å². The van der Waals surface area contributed by atoms with Crippen molar-refractivity contribution in [1.29, 1.82) is 0 Å². The van der Waals surface area contributed by atoms with Crippen molar-refractivity contribution in [3.8, 4) is 0 Å². The summed E-state index contributed by atoms with van der Waals surface area (Å²) in [5.74, 6) is -0.979. The van der Waals surface area contributed by atoms with Crippen LogP contribution >= 0.6 is 0 Å². The van der Waals surface area contributed by atoms with Gasteiger partial charge in [0.05, 0.1) is 18.3 Å². The number of carbonyl (C=O) groups excluding carboxylic acids is 2. The first-order chi connectivity index (χ1) is 10.8. The van der Waals surface area contributed by atoms with Crippen molar-refractivity contribution in [1.82, 2.24) is 0 Å². The highest BCUT2D eigenvalue weighted by atomic mass is 16.6. The maximum atomic E-state index is 11.8. The summed E-state index contributed by atoms with van der Waals surface area (Å²) in [4.78, 5) is 23.1. The van der Waals surface area contributed by atoms with Crippen LogP contribution in [0.1, 0.15) is 33.6 Å². The standard InChI is InChI=1S/C17H22O6/c1-9-4-12(22-11(3)19)5-10(2)7-15-16(14(20)6-9)13(8-18)17(21)23-15/h4,7,12,14-15,18,20H,5-6,8H2,1-3H3. The van der Waals surface area contributed by atoms with Gasteiger partial charge in [-0.15, -0.1) is 0 Å². The van der Waals surface area contributed by atoms with Gasteiger partial charge in [-0.2, -0.15) is 0 Å². The molecule has 0 spiro atoms. The summed E-state index contributed by atoms with van der Waals surface area (Å²) in [6.07, 6.45) is 2.23. The van der Waals surface area contributed by atoms with Gasteiger partial charge in [0.15, 0.2) is 0 Å². The highest BCUT2D eigenvalue weighted by molar-refractivity contribution is 5.93. The topological polar surface area (TPSA) is 93.1 Å². The zero-order chi connectivity index (χ0) is 17.1. The van der Waals surface area contributed by atoms with Crippen LogP contribution in [0, 0.1) is 0 Å². The molecule has 0 saturated carbocycles. The summed E-state index contributed by atoms with van der Waals surface area (Å²) < 4.78 is 10.5. The average molecular weight is 322 g/mol. The van der Waals surface area contributed by atoms with Gasteiger partial charge in [0.25, 0.3) is 0 Å². The molecule has 126 valence electrons. The van der Waals surface area contributed by atoms with E-state index in [2.05, 4.69) is 0 Å². The van der Waals surface area contributed by atoms with Crippen LogP contribution < -0.4 is 0 Å². The fourth-order valence-electron chi connectivity index (χ4n) is 3.00. The number of hydrogen-bond donors (Lipinski definition) is 2. The van der Waals surface area contributed by atoms with Gasteiger partial charge in [-0.25, -0.2) is 4.79 Å². The Labute approximate surface area is 135 Å². The van der Waals surface area contributed by atoms with Crippen LogP contribution in [0.15, 0.2) is 34.4 Å². The second kappa shape index (κ2) is 7.10. The van der Waals surface area contributed by atoms with Crippen LogP contribution in [0.25, 0.3) is 0 Å². The molecule has 1 aliphatic carbocycles. The minimum atomic E-state index is -0.940. The lowest BCUT2D eigenvalue weighted by Crippen LogP contribution is -2.23. The van der Waals surface area contributed by atoms with E-state index < -0.39 is 30.9 Å². The zero-order valence-corrected chi connectivity index (χ0v) is 13.5. The number of carbonyl (C=O) groups is 2. The van der Waals surface area contributed by atoms with E-state index >= 15 is 0 Å². The molecule has 1 aliphatic heterocycles. The largest absolute Gasteiger partial charge is 0.458 e. The normalized spacial score (nSPS) is 28.6. The first-order valence-corrected chi connectivity index (χ1v) is 7.56. The molecule has 23 heavy (non-hydrogen) atoms. The summed E-state index contributed by atoms with van der Waals surface area (Å²) in [7, 11) is 0. The molecule has 0 fully saturated rings. The Morgan fingerprint density at radius 3 is 2.57 bits per heavy atom. The third-order valence-electron chi connectivity index (χ3n) is 3.91. The second-order valence-corrected chi connectivity index (χ2v) is 6.02. The van der Waals surface area contributed by atoms with Crippen molar-refractivity contribution in [2.75, 3.05) is 6.61 Å². The summed E-state index contributed by atoms with van der Waals surface area (Å²) in [6.45, 7) is 4.55. The molecule has 2 rings (SSSR count).